The molecule has 0 radical (unpaired) electrons. The van der Waals surface area contributed by atoms with Crippen molar-refractivity contribution < 1.29 is 14.7 Å². The van der Waals surface area contributed by atoms with Gasteiger partial charge in [0, 0.05) is 12.7 Å². The first kappa shape index (κ1) is 13.3. The lowest BCUT2D eigenvalue weighted by atomic mass is 10.00. The van der Waals surface area contributed by atoms with Gasteiger partial charge in [0.2, 0.25) is 0 Å². The third-order valence-electron chi connectivity index (χ3n) is 3.47. The van der Waals surface area contributed by atoms with E-state index in [2.05, 4.69) is 10.3 Å². The third kappa shape index (κ3) is 2.52. The second kappa shape index (κ2) is 4.87. The van der Waals surface area contributed by atoms with Gasteiger partial charge in [-0.2, -0.15) is 0 Å². The van der Waals surface area contributed by atoms with Crippen molar-refractivity contribution in [1.29, 1.82) is 0 Å². The highest BCUT2D eigenvalue weighted by atomic mass is 16.4. The molecule has 0 aliphatic carbocycles. The van der Waals surface area contributed by atoms with Crippen molar-refractivity contribution in [3.63, 3.8) is 0 Å². The van der Waals surface area contributed by atoms with Crippen molar-refractivity contribution in [2.45, 2.75) is 32.2 Å². The number of rotatable bonds is 2. The molecule has 1 aromatic rings. The maximum absolute atomic E-state index is 12.2. The van der Waals surface area contributed by atoms with Crippen molar-refractivity contribution in [3.8, 4) is 0 Å². The number of carbonyl (C=O) groups is 2. The Hall–Kier alpha value is -2.11. The predicted octanol–water partition coefficient (Wildman–Crippen LogP) is 1.86. The molecule has 2 heterocycles. The van der Waals surface area contributed by atoms with Crippen molar-refractivity contribution in [2.24, 2.45) is 0 Å². The zero-order valence-electron chi connectivity index (χ0n) is 11.0. The van der Waals surface area contributed by atoms with Gasteiger partial charge in [-0.05, 0) is 38.3 Å². The lowest BCUT2D eigenvalue weighted by molar-refractivity contribution is -0.146. The van der Waals surface area contributed by atoms with Gasteiger partial charge in [0.15, 0.2) is 0 Å². The van der Waals surface area contributed by atoms with Crippen LogP contribution in [0.4, 0.5) is 10.5 Å². The number of nitrogens with zero attached hydrogens (tertiary/aromatic N) is 2. The van der Waals surface area contributed by atoms with E-state index in [1.54, 1.807) is 25.4 Å². The highest BCUT2D eigenvalue weighted by Crippen LogP contribution is 2.29. The Morgan fingerprint density at radius 2 is 2.21 bits per heavy atom. The molecule has 0 bridgehead atoms. The van der Waals surface area contributed by atoms with Crippen LogP contribution in [-0.4, -0.2) is 39.1 Å². The van der Waals surface area contributed by atoms with Crippen LogP contribution in [0.1, 0.15) is 25.3 Å². The summed E-state index contributed by atoms with van der Waals surface area (Å²) in [7, 11) is 0. The fourth-order valence-corrected chi connectivity index (χ4v) is 2.33. The van der Waals surface area contributed by atoms with E-state index >= 15 is 0 Å². The number of carbonyl (C=O) groups excluding carboxylic acids is 1. The Labute approximate surface area is 111 Å². The van der Waals surface area contributed by atoms with Crippen LogP contribution in [0.25, 0.3) is 0 Å². The number of aryl methyl sites for hydroxylation is 1. The number of aromatic nitrogens is 1. The van der Waals surface area contributed by atoms with Gasteiger partial charge in [0.1, 0.15) is 5.54 Å². The molecule has 1 aromatic heterocycles. The molecule has 1 fully saturated rings. The molecule has 0 aromatic carbocycles. The molecular formula is C13H17N3O3. The molecule has 1 atom stereocenters. The largest absolute Gasteiger partial charge is 0.480 e. The average Bonchev–Trinajstić information content (AvgIpc) is 2.73. The highest BCUT2D eigenvalue weighted by molar-refractivity contribution is 5.94. The monoisotopic (exact) mass is 263 g/mol. The Bertz CT molecular complexity index is 518. The fraction of sp³-hybridized carbons (Fsp3) is 0.462. The average molecular weight is 263 g/mol. The first-order chi connectivity index (χ1) is 8.93. The molecule has 1 saturated heterocycles. The minimum absolute atomic E-state index is 0.394. The van der Waals surface area contributed by atoms with Crippen molar-refractivity contribution in [3.05, 3.63) is 24.0 Å². The van der Waals surface area contributed by atoms with E-state index in [0.29, 0.717) is 25.1 Å². The molecular weight excluding hydrogens is 246 g/mol. The van der Waals surface area contributed by atoms with Crippen molar-refractivity contribution in [1.82, 2.24) is 9.88 Å². The van der Waals surface area contributed by atoms with Gasteiger partial charge in [-0.1, -0.05) is 0 Å². The summed E-state index contributed by atoms with van der Waals surface area (Å²) < 4.78 is 0. The summed E-state index contributed by atoms with van der Waals surface area (Å²) in [6, 6.07) is 1.40. The van der Waals surface area contributed by atoms with Crippen LogP contribution in [-0.2, 0) is 4.79 Å². The molecule has 2 rings (SSSR count). The number of nitrogens with one attached hydrogen (secondary N) is 1. The molecule has 1 aliphatic heterocycles. The lowest BCUT2D eigenvalue weighted by Gasteiger charge is -2.31. The van der Waals surface area contributed by atoms with Crippen LogP contribution in [0.15, 0.2) is 18.5 Å². The highest BCUT2D eigenvalue weighted by Gasteiger charge is 2.46. The van der Waals surface area contributed by atoms with Gasteiger partial charge < -0.3 is 15.3 Å². The number of hydrogen-bond donors (Lipinski definition) is 2. The number of aliphatic carboxylic acids is 1. The van der Waals surface area contributed by atoms with E-state index in [1.165, 1.54) is 4.90 Å². The van der Waals surface area contributed by atoms with Gasteiger partial charge in [-0.15, -0.1) is 0 Å². The fourth-order valence-electron chi connectivity index (χ4n) is 2.33. The summed E-state index contributed by atoms with van der Waals surface area (Å²) in [4.78, 5) is 28.8. The quantitative estimate of drug-likeness (QED) is 0.853. The Morgan fingerprint density at radius 1 is 1.47 bits per heavy atom. The van der Waals surface area contributed by atoms with Gasteiger partial charge in [-0.3, -0.25) is 4.98 Å². The molecule has 0 spiro atoms. The minimum atomic E-state index is -1.12. The third-order valence-corrected chi connectivity index (χ3v) is 3.47. The van der Waals surface area contributed by atoms with Crippen LogP contribution in [0.3, 0.4) is 0 Å². The van der Waals surface area contributed by atoms with Crippen LogP contribution in [0.5, 0.6) is 0 Å². The standard InChI is InChI=1S/C13H17N3O3/c1-9-6-10(8-14-7-9)15-12(19)16-5-3-4-13(16,2)11(17)18/h6-8H,3-5H2,1-2H3,(H,15,19)(H,17,18). The summed E-state index contributed by atoms with van der Waals surface area (Å²) in [5, 5.41) is 12.0. The SMILES string of the molecule is Cc1cncc(NC(=O)N2CCCC2(C)C(=O)O)c1. The normalized spacial score (nSPS) is 22.3. The lowest BCUT2D eigenvalue weighted by Crippen LogP contribution is -2.52. The number of carboxylic acids is 1. The van der Waals surface area contributed by atoms with Crippen molar-refractivity contribution in [2.75, 3.05) is 11.9 Å². The molecule has 2 N–H and O–H groups in total. The molecule has 6 heteroatoms. The Balaban J connectivity index is 2.14. The van der Waals surface area contributed by atoms with Crippen LogP contribution >= 0.6 is 0 Å². The van der Waals surface area contributed by atoms with Crippen LogP contribution < -0.4 is 5.32 Å². The van der Waals surface area contributed by atoms with Crippen LogP contribution in [0, 0.1) is 6.92 Å². The first-order valence-electron chi connectivity index (χ1n) is 6.17. The van der Waals surface area contributed by atoms with E-state index in [4.69, 9.17) is 0 Å². The predicted molar refractivity (Wildman–Crippen MR) is 70.0 cm³/mol. The van der Waals surface area contributed by atoms with Gasteiger partial charge in [0.25, 0.3) is 0 Å². The molecule has 0 saturated carbocycles. The van der Waals surface area contributed by atoms with E-state index in [0.717, 1.165) is 5.56 Å². The second-order valence-corrected chi connectivity index (χ2v) is 5.02. The summed E-state index contributed by atoms with van der Waals surface area (Å²) in [6.45, 7) is 3.91. The first-order valence-corrected chi connectivity index (χ1v) is 6.17. The topological polar surface area (TPSA) is 82.5 Å². The van der Waals surface area contributed by atoms with Gasteiger partial charge in [-0.25, -0.2) is 9.59 Å². The van der Waals surface area contributed by atoms with Gasteiger partial charge in [0.05, 0.1) is 11.9 Å². The number of anilines is 1. The van der Waals surface area contributed by atoms with E-state index in [-0.39, 0.29) is 0 Å². The number of urea groups is 1. The number of carboxylic acid groups (broad SMARTS) is 1. The second-order valence-electron chi connectivity index (χ2n) is 5.02. The Kier molecular flexibility index (Phi) is 3.42. The number of hydrogen-bond acceptors (Lipinski definition) is 3. The summed E-state index contributed by atoms with van der Waals surface area (Å²) >= 11 is 0. The smallest absolute Gasteiger partial charge is 0.329 e. The zero-order valence-corrected chi connectivity index (χ0v) is 11.0. The summed E-state index contributed by atoms with van der Waals surface area (Å²) in [6.07, 6.45) is 4.40. The maximum Gasteiger partial charge on any atom is 0.329 e. The Morgan fingerprint density at radius 3 is 2.84 bits per heavy atom. The maximum atomic E-state index is 12.2. The number of pyridine rings is 1. The van der Waals surface area contributed by atoms with E-state index in [1.807, 2.05) is 6.92 Å². The summed E-state index contributed by atoms with van der Waals surface area (Å²) in [5.41, 5.74) is 0.381. The zero-order chi connectivity index (χ0) is 14.0. The molecule has 1 aliphatic rings. The number of amides is 2. The summed E-state index contributed by atoms with van der Waals surface area (Å²) in [5.74, 6) is -0.970. The van der Waals surface area contributed by atoms with Gasteiger partial charge >= 0.3 is 12.0 Å². The molecule has 102 valence electrons. The van der Waals surface area contributed by atoms with Crippen molar-refractivity contribution >= 4 is 17.7 Å². The minimum Gasteiger partial charge on any atom is -0.480 e. The van der Waals surface area contributed by atoms with Crippen LogP contribution in [0.2, 0.25) is 0 Å². The molecule has 2 amide bonds. The number of likely N-dealkylation sites (tertiary alicyclic amines) is 1. The molecule has 6 nitrogen and oxygen atoms in total. The van der Waals surface area contributed by atoms with E-state index < -0.39 is 17.5 Å². The van der Waals surface area contributed by atoms with E-state index in [9.17, 15) is 14.7 Å². The molecule has 1 unspecified atom stereocenters. The molecule has 19 heavy (non-hydrogen) atoms.